The lowest BCUT2D eigenvalue weighted by atomic mass is 10.1. The highest BCUT2D eigenvalue weighted by molar-refractivity contribution is 5.91. The maximum atomic E-state index is 11.8. The van der Waals surface area contributed by atoms with E-state index in [4.69, 9.17) is 4.74 Å². The third kappa shape index (κ3) is 4.35. The van der Waals surface area contributed by atoms with Gasteiger partial charge in [-0.25, -0.2) is 4.79 Å². The van der Waals surface area contributed by atoms with E-state index in [1.807, 2.05) is 0 Å². The molecule has 1 saturated heterocycles. The van der Waals surface area contributed by atoms with Crippen molar-refractivity contribution < 1.29 is 19.1 Å². The monoisotopic (exact) mass is 256 g/mol. The minimum atomic E-state index is -0.715. The molecule has 0 spiro atoms. The van der Waals surface area contributed by atoms with E-state index in [2.05, 4.69) is 10.6 Å². The van der Waals surface area contributed by atoms with Crippen LogP contribution in [0.25, 0.3) is 0 Å². The van der Waals surface area contributed by atoms with Gasteiger partial charge in [0.2, 0.25) is 11.8 Å². The Morgan fingerprint density at radius 2 is 2.06 bits per heavy atom. The average Bonchev–Trinajstić information content (AvgIpc) is 2.62. The van der Waals surface area contributed by atoms with Crippen LogP contribution in [0.5, 0.6) is 0 Å². The fourth-order valence-corrected chi connectivity index (χ4v) is 1.57. The fraction of sp³-hybridized carbons (Fsp3) is 0.750. The summed E-state index contributed by atoms with van der Waals surface area (Å²) in [6.07, 6.45) is 0.173. The zero-order valence-corrected chi connectivity index (χ0v) is 11.2. The van der Waals surface area contributed by atoms with Crippen molar-refractivity contribution >= 4 is 17.8 Å². The van der Waals surface area contributed by atoms with E-state index in [1.165, 1.54) is 0 Å². The van der Waals surface area contributed by atoms with Crippen molar-refractivity contribution in [1.82, 2.24) is 10.6 Å². The number of ether oxygens (including phenoxy) is 1. The summed E-state index contributed by atoms with van der Waals surface area (Å²) >= 11 is 0. The average molecular weight is 256 g/mol. The molecule has 0 aromatic heterocycles. The number of carbonyl (C=O) groups is 3. The Hall–Kier alpha value is -1.59. The van der Waals surface area contributed by atoms with Gasteiger partial charge < -0.3 is 15.4 Å². The van der Waals surface area contributed by atoms with E-state index < -0.39 is 23.5 Å². The van der Waals surface area contributed by atoms with Gasteiger partial charge in [0.05, 0.1) is 5.92 Å². The van der Waals surface area contributed by atoms with E-state index >= 15 is 0 Å². The summed E-state index contributed by atoms with van der Waals surface area (Å²) in [5.41, 5.74) is -0.582. The molecule has 2 amide bonds. The van der Waals surface area contributed by atoms with E-state index in [-0.39, 0.29) is 18.2 Å². The number of nitrogens with one attached hydrogen (secondary N) is 2. The first-order valence-corrected chi connectivity index (χ1v) is 5.99. The molecule has 2 N–H and O–H groups in total. The molecule has 1 aliphatic rings. The lowest BCUT2D eigenvalue weighted by Crippen LogP contribution is -2.44. The van der Waals surface area contributed by atoms with Gasteiger partial charge in [0.15, 0.2) is 0 Å². The highest BCUT2D eigenvalue weighted by Gasteiger charge is 2.30. The molecule has 1 fully saturated rings. The molecule has 0 aromatic carbocycles. The molecule has 2 atom stereocenters. The van der Waals surface area contributed by atoms with Gasteiger partial charge in [-0.1, -0.05) is 0 Å². The number of carbonyl (C=O) groups excluding carboxylic acids is 3. The van der Waals surface area contributed by atoms with Crippen LogP contribution in [0.3, 0.4) is 0 Å². The smallest absolute Gasteiger partial charge is 0.328 e. The molecule has 102 valence electrons. The van der Waals surface area contributed by atoms with Crippen LogP contribution < -0.4 is 10.6 Å². The molecular formula is C12H20N2O4. The van der Waals surface area contributed by atoms with Crippen LogP contribution in [-0.4, -0.2) is 36.0 Å². The van der Waals surface area contributed by atoms with Gasteiger partial charge in [0.1, 0.15) is 11.6 Å². The Morgan fingerprint density at radius 1 is 1.44 bits per heavy atom. The van der Waals surface area contributed by atoms with Crippen LogP contribution in [0.15, 0.2) is 0 Å². The summed E-state index contributed by atoms with van der Waals surface area (Å²) < 4.78 is 5.15. The van der Waals surface area contributed by atoms with Crippen LogP contribution >= 0.6 is 0 Å². The third-order valence-corrected chi connectivity index (χ3v) is 2.47. The second-order valence-corrected chi connectivity index (χ2v) is 5.47. The van der Waals surface area contributed by atoms with Gasteiger partial charge in [-0.15, -0.1) is 0 Å². The molecule has 1 heterocycles. The van der Waals surface area contributed by atoms with E-state index in [0.29, 0.717) is 6.54 Å². The standard InChI is InChI=1S/C12H20N2O4/c1-7(11(17)18-12(2,3)4)14-10(16)8-5-9(15)13-6-8/h7-8H,5-6H2,1-4H3,(H,13,15)(H,14,16)/t7-,8?/m0/s1. The number of amides is 2. The van der Waals surface area contributed by atoms with Crippen LogP contribution in [0.4, 0.5) is 0 Å². The molecule has 0 radical (unpaired) electrons. The summed E-state index contributed by atoms with van der Waals surface area (Å²) in [6, 6.07) is -0.715. The molecule has 18 heavy (non-hydrogen) atoms. The van der Waals surface area contributed by atoms with Gasteiger partial charge >= 0.3 is 5.97 Å². The van der Waals surface area contributed by atoms with Crippen LogP contribution in [0, 0.1) is 5.92 Å². The topological polar surface area (TPSA) is 84.5 Å². The Balaban J connectivity index is 2.44. The molecule has 1 aliphatic heterocycles. The largest absolute Gasteiger partial charge is 0.458 e. The van der Waals surface area contributed by atoms with Crippen molar-refractivity contribution in [3.8, 4) is 0 Å². The SMILES string of the molecule is C[C@H](NC(=O)C1CNC(=O)C1)C(=O)OC(C)(C)C. The normalized spacial score (nSPS) is 21.1. The van der Waals surface area contributed by atoms with E-state index in [0.717, 1.165) is 0 Å². The van der Waals surface area contributed by atoms with Gasteiger partial charge in [0, 0.05) is 13.0 Å². The summed E-state index contributed by atoms with van der Waals surface area (Å²) in [5.74, 6) is -1.32. The Labute approximate surface area is 106 Å². The number of hydrogen-bond acceptors (Lipinski definition) is 4. The van der Waals surface area contributed by atoms with Crippen molar-refractivity contribution in [2.45, 2.75) is 45.8 Å². The summed E-state index contributed by atoms with van der Waals surface area (Å²) in [7, 11) is 0. The minimum absolute atomic E-state index is 0.139. The summed E-state index contributed by atoms with van der Waals surface area (Å²) in [5, 5.41) is 5.13. The molecule has 1 unspecified atom stereocenters. The van der Waals surface area contributed by atoms with Gasteiger partial charge in [-0.2, -0.15) is 0 Å². The Kier molecular flexibility index (Phi) is 4.32. The van der Waals surface area contributed by atoms with Crippen molar-refractivity contribution in [1.29, 1.82) is 0 Å². The molecule has 1 rings (SSSR count). The fourth-order valence-electron chi connectivity index (χ4n) is 1.57. The number of hydrogen-bond donors (Lipinski definition) is 2. The Morgan fingerprint density at radius 3 is 2.50 bits per heavy atom. The quantitative estimate of drug-likeness (QED) is 0.694. The molecular weight excluding hydrogens is 236 g/mol. The lowest BCUT2D eigenvalue weighted by Gasteiger charge is -2.23. The second-order valence-electron chi connectivity index (χ2n) is 5.47. The Bertz CT molecular complexity index is 360. The van der Waals surface area contributed by atoms with E-state index in [1.54, 1.807) is 27.7 Å². The van der Waals surface area contributed by atoms with Crippen LogP contribution in [0.1, 0.15) is 34.1 Å². The highest BCUT2D eigenvalue weighted by Crippen LogP contribution is 2.11. The van der Waals surface area contributed by atoms with Crippen molar-refractivity contribution in [2.75, 3.05) is 6.54 Å². The summed E-state index contributed by atoms with van der Waals surface area (Å²) in [4.78, 5) is 34.4. The van der Waals surface area contributed by atoms with Gasteiger partial charge in [-0.3, -0.25) is 9.59 Å². The van der Waals surface area contributed by atoms with E-state index in [9.17, 15) is 14.4 Å². The van der Waals surface area contributed by atoms with Crippen LogP contribution in [-0.2, 0) is 19.1 Å². The zero-order valence-electron chi connectivity index (χ0n) is 11.2. The van der Waals surface area contributed by atoms with Gasteiger partial charge in [-0.05, 0) is 27.7 Å². The molecule has 0 aliphatic carbocycles. The zero-order chi connectivity index (χ0) is 13.9. The minimum Gasteiger partial charge on any atom is -0.458 e. The van der Waals surface area contributed by atoms with Crippen LogP contribution in [0.2, 0.25) is 0 Å². The molecule has 6 heteroatoms. The molecule has 0 aromatic rings. The predicted octanol–water partition coefficient (Wildman–Crippen LogP) is -0.0311. The predicted molar refractivity (Wildman–Crippen MR) is 64.6 cm³/mol. The first kappa shape index (κ1) is 14.5. The number of esters is 1. The maximum absolute atomic E-state index is 11.8. The van der Waals surface area contributed by atoms with Crippen molar-refractivity contribution in [3.63, 3.8) is 0 Å². The highest BCUT2D eigenvalue weighted by atomic mass is 16.6. The van der Waals surface area contributed by atoms with Crippen molar-refractivity contribution in [2.24, 2.45) is 5.92 Å². The van der Waals surface area contributed by atoms with Crippen molar-refractivity contribution in [3.05, 3.63) is 0 Å². The lowest BCUT2D eigenvalue weighted by molar-refractivity contribution is -0.158. The summed E-state index contributed by atoms with van der Waals surface area (Å²) in [6.45, 7) is 7.18. The first-order chi connectivity index (χ1) is 8.19. The number of rotatable bonds is 3. The van der Waals surface area contributed by atoms with Gasteiger partial charge in [0.25, 0.3) is 0 Å². The molecule has 0 bridgehead atoms. The molecule has 6 nitrogen and oxygen atoms in total. The maximum Gasteiger partial charge on any atom is 0.328 e. The molecule has 0 saturated carbocycles. The first-order valence-electron chi connectivity index (χ1n) is 5.99. The third-order valence-electron chi connectivity index (χ3n) is 2.47. The second kappa shape index (κ2) is 5.37.